The van der Waals surface area contributed by atoms with Gasteiger partial charge in [-0.05, 0) is 43.6 Å². The third-order valence-electron chi connectivity index (χ3n) is 6.27. The van der Waals surface area contributed by atoms with Gasteiger partial charge in [-0.1, -0.05) is 30.3 Å². The number of fused-ring (bicyclic) bond motifs is 1. The molecule has 3 saturated heterocycles. The summed E-state index contributed by atoms with van der Waals surface area (Å²) >= 11 is 0. The first-order chi connectivity index (χ1) is 12.7. The molecule has 2 atom stereocenters. The van der Waals surface area contributed by atoms with Crippen molar-refractivity contribution in [1.29, 1.82) is 0 Å². The van der Waals surface area contributed by atoms with Crippen molar-refractivity contribution in [2.24, 2.45) is 5.92 Å². The van der Waals surface area contributed by atoms with Crippen LogP contribution < -0.4 is 0 Å². The summed E-state index contributed by atoms with van der Waals surface area (Å²) < 4.78 is 0. The Morgan fingerprint density at radius 3 is 2.54 bits per heavy atom. The van der Waals surface area contributed by atoms with Gasteiger partial charge >= 0.3 is 6.03 Å². The highest BCUT2D eigenvalue weighted by molar-refractivity contribution is 5.78. The number of hydrogen-bond acceptors (Lipinski definition) is 2. The molecular weight excluding hydrogens is 326 g/mol. The molecular formula is C21H29N3O2. The first-order valence-electron chi connectivity index (χ1n) is 10.1. The highest BCUT2D eigenvalue weighted by Crippen LogP contribution is 2.32. The quantitative estimate of drug-likeness (QED) is 0.837. The molecule has 0 aromatic heterocycles. The number of carbonyl (C=O) groups is 2. The highest BCUT2D eigenvalue weighted by atomic mass is 16.2. The lowest BCUT2D eigenvalue weighted by molar-refractivity contribution is -0.140. The Morgan fingerprint density at radius 1 is 1.00 bits per heavy atom. The minimum Gasteiger partial charge on any atom is -0.339 e. The monoisotopic (exact) mass is 355 g/mol. The average Bonchev–Trinajstić information content (AvgIpc) is 3.22. The van der Waals surface area contributed by atoms with E-state index in [1.54, 1.807) is 0 Å². The predicted molar refractivity (Wildman–Crippen MR) is 101 cm³/mol. The minimum absolute atomic E-state index is 0.216. The van der Waals surface area contributed by atoms with Crippen molar-refractivity contribution in [3.63, 3.8) is 0 Å². The topological polar surface area (TPSA) is 43.9 Å². The first-order valence-corrected chi connectivity index (χ1v) is 10.1. The average molecular weight is 355 g/mol. The second kappa shape index (κ2) is 7.68. The molecule has 1 aromatic rings. The van der Waals surface area contributed by atoms with E-state index in [1.807, 2.05) is 15.9 Å². The van der Waals surface area contributed by atoms with Gasteiger partial charge in [0.1, 0.15) is 0 Å². The van der Waals surface area contributed by atoms with Crippen molar-refractivity contribution in [2.45, 2.75) is 44.6 Å². The van der Waals surface area contributed by atoms with Gasteiger partial charge in [0.05, 0.1) is 0 Å². The van der Waals surface area contributed by atoms with Crippen molar-refractivity contribution < 1.29 is 9.59 Å². The SMILES string of the molecule is O=C(N1CCCC1)N1CC[C@H]2[C@H](CCC(=O)N2CCc2ccccc2)C1. The Labute approximate surface area is 155 Å². The smallest absolute Gasteiger partial charge is 0.320 e. The molecule has 3 amide bonds. The van der Waals surface area contributed by atoms with Gasteiger partial charge in [0.2, 0.25) is 5.91 Å². The van der Waals surface area contributed by atoms with E-state index in [1.165, 1.54) is 5.56 Å². The van der Waals surface area contributed by atoms with Gasteiger partial charge in [0, 0.05) is 45.2 Å². The Hall–Kier alpha value is -2.04. The van der Waals surface area contributed by atoms with Crippen LogP contribution in [0.25, 0.3) is 0 Å². The van der Waals surface area contributed by atoms with E-state index in [9.17, 15) is 9.59 Å². The van der Waals surface area contributed by atoms with E-state index in [4.69, 9.17) is 0 Å². The molecule has 0 saturated carbocycles. The maximum absolute atomic E-state index is 12.7. The summed E-state index contributed by atoms with van der Waals surface area (Å²) in [5.41, 5.74) is 1.28. The third-order valence-corrected chi connectivity index (χ3v) is 6.27. The second-order valence-electron chi connectivity index (χ2n) is 7.90. The number of amides is 3. The van der Waals surface area contributed by atoms with E-state index >= 15 is 0 Å². The molecule has 3 fully saturated rings. The van der Waals surface area contributed by atoms with Gasteiger partial charge in [-0.3, -0.25) is 4.79 Å². The van der Waals surface area contributed by atoms with Crippen molar-refractivity contribution in [3.05, 3.63) is 35.9 Å². The number of rotatable bonds is 3. The largest absolute Gasteiger partial charge is 0.339 e. The van der Waals surface area contributed by atoms with Gasteiger partial charge in [0.25, 0.3) is 0 Å². The van der Waals surface area contributed by atoms with Gasteiger partial charge < -0.3 is 14.7 Å². The normalized spacial score (nSPS) is 26.2. The lowest BCUT2D eigenvalue weighted by Crippen LogP contribution is -2.58. The van der Waals surface area contributed by atoms with Crippen LogP contribution >= 0.6 is 0 Å². The highest BCUT2D eigenvalue weighted by Gasteiger charge is 2.40. The Kier molecular flexibility index (Phi) is 5.14. The lowest BCUT2D eigenvalue weighted by atomic mass is 9.83. The van der Waals surface area contributed by atoms with Crippen LogP contribution in [0.5, 0.6) is 0 Å². The maximum atomic E-state index is 12.7. The first kappa shape index (κ1) is 17.4. The zero-order valence-electron chi connectivity index (χ0n) is 15.5. The molecule has 0 bridgehead atoms. The molecule has 5 heteroatoms. The molecule has 0 aliphatic carbocycles. The van der Waals surface area contributed by atoms with Crippen molar-refractivity contribution in [3.8, 4) is 0 Å². The molecule has 1 aromatic carbocycles. The van der Waals surface area contributed by atoms with Crippen LogP contribution in [0.3, 0.4) is 0 Å². The lowest BCUT2D eigenvalue weighted by Gasteiger charge is -2.47. The van der Waals surface area contributed by atoms with Gasteiger partial charge in [0.15, 0.2) is 0 Å². The summed E-state index contributed by atoms with van der Waals surface area (Å²) in [5, 5.41) is 0. The molecule has 0 spiro atoms. The van der Waals surface area contributed by atoms with Crippen molar-refractivity contribution in [1.82, 2.24) is 14.7 Å². The van der Waals surface area contributed by atoms with Crippen molar-refractivity contribution >= 4 is 11.9 Å². The molecule has 4 rings (SSSR count). The molecule has 5 nitrogen and oxygen atoms in total. The fourth-order valence-corrected chi connectivity index (χ4v) is 4.82. The number of carbonyl (C=O) groups excluding carboxylic acids is 2. The summed E-state index contributed by atoms with van der Waals surface area (Å²) in [7, 11) is 0. The number of urea groups is 1. The number of benzene rings is 1. The standard InChI is InChI=1S/C21H29N3O2/c25-20-9-8-18-16-23(21(26)22-12-4-5-13-22)14-11-19(18)24(20)15-10-17-6-2-1-3-7-17/h1-3,6-7,18-19H,4-5,8-16H2/t18-,19+/m1/s1. The predicted octanol–water partition coefficient (Wildman–Crippen LogP) is 2.76. The summed E-state index contributed by atoms with van der Waals surface area (Å²) in [6.07, 6.45) is 5.65. The fraction of sp³-hybridized carbons (Fsp3) is 0.619. The van der Waals surface area contributed by atoms with Gasteiger partial charge in [-0.25, -0.2) is 4.79 Å². The Balaban J connectivity index is 1.38. The van der Waals surface area contributed by atoms with E-state index in [0.29, 0.717) is 24.3 Å². The molecule has 140 valence electrons. The van der Waals surface area contributed by atoms with Crippen LogP contribution in [0.2, 0.25) is 0 Å². The third kappa shape index (κ3) is 3.57. The number of likely N-dealkylation sites (tertiary alicyclic amines) is 3. The van der Waals surface area contributed by atoms with Crippen LogP contribution in [0, 0.1) is 5.92 Å². The summed E-state index contributed by atoms with van der Waals surface area (Å²) in [6, 6.07) is 10.9. The van der Waals surface area contributed by atoms with E-state index in [-0.39, 0.29) is 6.03 Å². The van der Waals surface area contributed by atoms with E-state index < -0.39 is 0 Å². The number of nitrogens with zero attached hydrogens (tertiary/aromatic N) is 3. The van der Waals surface area contributed by atoms with Crippen LogP contribution in [-0.2, 0) is 11.2 Å². The zero-order valence-corrected chi connectivity index (χ0v) is 15.5. The molecule has 3 aliphatic heterocycles. The van der Waals surface area contributed by atoms with Crippen LogP contribution in [-0.4, -0.2) is 65.4 Å². The summed E-state index contributed by atoms with van der Waals surface area (Å²) in [4.78, 5) is 31.4. The van der Waals surface area contributed by atoms with E-state index in [0.717, 1.165) is 64.8 Å². The van der Waals surface area contributed by atoms with Crippen LogP contribution in [0.4, 0.5) is 4.79 Å². The minimum atomic E-state index is 0.216. The number of piperidine rings is 2. The molecule has 0 unspecified atom stereocenters. The van der Waals surface area contributed by atoms with Gasteiger partial charge in [-0.2, -0.15) is 0 Å². The van der Waals surface area contributed by atoms with Gasteiger partial charge in [-0.15, -0.1) is 0 Å². The number of hydrogen-bond donors (Lipinski definition) is 0. The van der Waals surface area contributed by atoms with Crippen molar-refractivity contribution in [2.75, 3.05) is 32.7 Å². The molecule has 0 N–H and O–H groups in total. The van der Waals surface area contributed by atoms with Crippen LogP contribution in [0.1, 0.15) is 37.7 Å². The Bertz CT molecular complexity index is 642. The van der Waals surface area contributed by atoms with E-state index in [2.05, 4.69) is 29.2 Å². The molecule has 0 radical (unpaired) electrons. The van der Waals surface area contributed by atoms with Crippen LogP contribution in [0.15, 0.2) is 30.3 Å². The maximum Gasteiger partial charge on any atom is 0.320 e. The fourth-order valence-electron chi connectivity index (χ4n) is 4.82. The molecule has 3 heterocycles. The Morgan fingerprint density at radius 2 is 1.77 bits per heavy atom. The summed E-state index contributed by atoms with van der Waals surface area (Å²) in [6.45, 7) is 4.21. The molecule has 26 heavy (non-hydrogen) atoms. The summed E-state index contributed by atoms with van der Waals surface area (Å²) in [5.74, 6) is 0.727. The second-order valence-corrected chi connectivity index (χ2v) is 7.90. The molecule has 3 aliphatic rings. The zero-order chi connectivity index (χ0) is 17.9.